The summed E-state index contributed by atoms with van der Waals surface area (Å²) < 4.78 is 14.7. The van der Waals surface area contributed by atoms with Gasteiger partial charge >= 0.3 is 0 Å². The van der Waals surface area contributed by atoms with Gasteiger partial charge < -0.3 is 10.6 Å². The molecule has 0 aliphatic rings. The fourth-order valence-electron chi connectivity index (χ4n) is 2.03. The summed E-state index contributed by atoms with van der Waals surface area (Å²) in [5, 5.41) is 10.8. The van der Waals surface area contributed by atoms with E-state index in [1.165, 1.54) is 12.1 Å². The van der Waals surface area contributed by atoms with Crippen LogP contribution in [0.4, 0.5) is 4.39 Å². The van der Waals surface area contributed by atoms with Crippen LogP contribution in [-0.2, 0) is 6.42 Å². The largest absolute Gasteiger partial charge is 0.357 e. The summed E-state index contributed by atoms with van der Waals surface area (Å²) in [5.41, 5.74) is 1.78. The number of guanidine groups is 1. The minimum absolute atomic E-state index is 0. The van der Waals surface area contributed by atoms with Crippen molar-refractivity contribution < 1.29 is 4.39 Å². The Labute approximate surface area is 159 Å². The van der Waals surface area contributed by atoms with Gasteiger partial charge in [-0.25, -0.2) is 9.07 Å². The molecule has 1 heterocycles. The zero-order valence-corrected chi connectivity index (χ0v) is 16.0. The van der Waals surface area contributed by atoms with Crippen molar-refractivity contribution in [3.63, 3.8) is 0 Å². The van der Waals surface area contributed by atoms with Crippen molar-refractivity contribution in [2.24, 2.45) is 4.99 Å². The molecule has 0 aliphatic carbocycles. The lowest BCUT2D eigenvalue weighted by atomic mass is 10.3. The Morgan fingerprint density at radius 2 is 2.04 bits per heavy atom. The van der Waals surface area contributed by atoms with E-state index >= 15 is 0 Å². The highest BCUT2D eigenvalue weighted by atomic mass is 127. The van der Waals surface area contributed by atoms with Crippen LogP contribution in [0.3, 0.4) is 0 Å². The summed E-state index contributed by atoms with van der Waals surface area (Å²) in [6.07, 6.45) is 4.39. The van der Waals surface area contributed by atoms with Gasteiger partial charge in [-0.1, -0.05) is 6.08 Å². The molecule has 0 amide bonds. The number of aromatic nitrogens is 2. The highest BCUT2D eigenvalue weighted by Gasteiger charge is 2.02. The molecule has 0 spiro atoms. The SMILES string of the molecule is C=CCNC(=NCCc1ccn(-c2ccc(F)cc2)n1)NCC.I. The van der Waals surface area contributed by atoms with Crippen LogP contribution >= 0.6 is 24.0 Å². The third-order valence-corrected chi connectivity index (χ3v) is 3.13. The van der Waals surface area contributed by atoms with E-state index in [-0.39, 0.29) is 29.8 Å². The van der Waals surface area contributed by atoms with Crippen LogP contribution in [0.2, 0.25) is 0 Å². The lowest BCUT2D eigenvalue weighted by Gasteiger charge is -2.08. The Balaban J connectivity index is 0.00000288. The molecule has 5 nitrogen and oxygen atoms in total. The van der Waals surface area contributed by atoms with Crippen molar-refractivity contribution >= 4 is 29.9 Å². The molecule has 7 heteroatoms. The molecule has 130 valence electrons. The molecule has 0 radical (unpaired) electrons. The van der Waals surface area contributed by atoms with Crippen molar-refractivity contribution in [3.05, 3.63) is 60.7 Å². The predicted octanol–water partition coefficient (Wildman–Crippen LogP) is 2.91. The van der Waals surface area contributed by atoms with Crippen LogP contribution < -0.4 is 10.6 Å². The first-order valence-electron chi connectivity index (χ1n) is 7.66. The summed E-state index contributed by atoms with van der Waals surface area (Å²) in [4.78, 5) is 4.49. The smallest absolute Gasteiger partial charge is 0.191 e. The summed E-state index contributed by atoms with van der Waals surface area (Å²) in [7, 11) is 0. The Hall–Kier alpha value is -1.90. The molecule has 2 aromatic rings. The molecule has 1 aromatic heterocycles. The number of rotatable bonds is 7. The third-order valence-electron chi connectivity index (χ3n) is 3.13. The molecule has 0 aliphatic heterocycles. The molecule has 1 aromatic carbocycles. The second kappa shape index (κ2) is 10.8. The Morgan fingerprint density at radius 1 is 1.29 bits per heavy atom. The van der Waals surface area contributed by atoms with Gasteiger partial charge in [0.05, 0.1) is 11.4 Å². The van der Waals surface area contributed by atoms with Crippen molar-refractivity contribution in [2.75, 3.05) is 19.6 Å². The van der Waals surface area contributed by atoms with Gasteiger partial charge in [-0.2, -0.15) is 5.10 Å². The van der Waals surface area contributed by atoms with Crippen LogP contribution in [0.15, 0.2) is 54.2 Å². The van der Waals surface area contributed by atoms with E-state index in [1.54, 1.807) is 22.9 Å². The van der Waals surface area contributed by atoms with Gasteiger partial charge in [-0.15, -0.1) is 30.6 Å². The first-order chi connectivity index (χ1) is 11.2. The second-order valence-electron chi connectivity index (χ2n) is 4.91. The molecule has 0 atom stereocenters. The first-order valence-corrected chi connectivity index (χ1v) is 7.66. The minimum Gasteiger partial charge on any atom is -0.357 e. The highest BCUT2D eigenvalue weighted by molar-refractivity contribution is 14.0. The Kier molecular flexibility index (Phi) is 9.06. The van der Waals surface area contributed by atoms with E-state index in [9.17, 15) is 4.39 Å². The van der Waals surface area contributed by atoms with Crippen LogP contribution in [-0.4, -0.2) is 35.4 Å². The molecule has 2 rings (SSSR count). The average Bonchev–Trinajstić information content (AvgIpc) is 3.02. The van der Waals surface area contributed by atoms with Gasteiger partial charge in [0.15, 0.2) is 5.96 Å². The standard InChI is InChI=1S/C17H22FN5.HI/c1-3-11-20-17(19-4-2)21-12-9-15-10-13-23(22-15)16-7-5-14(18)6-8-16;/h3,5-8,10,13H,1,4,9,11-12H2,2H3,(H2,19,20,21);1H. The zero-order valence-electron chi connectivity index (χ0n) is 13.7. The minimum atomic E-state index is -0.251. The number of nitrogens with zero attached hydrogens (tertiary/aromatic N) is 3. The van der Waals surface area contributed by atoms with Crippen LogP contribution in [0, 0.1) is 5.82 Å². The number of benzene rings is 1. The quantitative estimate of drug-likeness (QED) is 0.300. The van der Waals surface area contributed by atoms with Crippen molar-refractivity contribution in [3.8, 4) is 5.69 Å². The number of hydrogen-bond acceptors (Lipinski definition) is 2. The van der Waals surface area contributed by atoms with E-state index in [1.807, 2.05) is 19.2 Å². The predicted molar refractivity (Wildman–Crippen MR) is 107 cm³/mol. The Morgan fingerprint density at radius 3 is 2.71 bits per heavy atom. The normalized spacial score (nSPS) is 10.8. The zero-order chi connectivity index (χ0) is 16.5. The van der Waals surface area contributed by atoms with E-state index in [2.05, 4.69) is 27.3 Å². The molecule has 2 N–H and O–H groups in total. The first kappa shape index (κ1) is 20.1. The van der Waals surface area contributed by atoms with Crippen LogP contribution in [0.25, 0.3) is 5.69 Å². The van der Waals surface area contributed by atoms with Gasteiger partial charge in [-0.3, -0.25) is 4.99 Å². The van der Waals surface area contributed by atoms with Gasteiger partial charge in [-0.05, 0) is 37.3 Å². The topological polar surface area (TPSA) is 54.2 Å². The number of hydrogen-bond donors (Lipinski definition) is 2. The fraction of sp³-hybridized carbons (Fsp3) is 0.294. The fourth-order valence-corrected chi connectivity index (χ4v) is 2.03. The van der Waals surface area contributed by atoms with Crippen molar-refractivity contribution in [1.82, 2.24) is 20.4 Å². The number of nitrogens with one attached hydrogen (secondary N) is 2. The Bertz CT molecular complexity index is 651. The van der Waals surface area contributed by atoms with Crippen molar-refractivity contribution in [1.29, 1.82) is 0 Å². The highest BCUT2D eigenvalue weighted by Crippen LogP contribution is 2.09. The summed E-state index contributed by atoms with van der Waals surface area (Å²) in [6.45, 7) is 7.81. The number of halogens is 2. The van der Waals surface area contributed by atoms with Gasteiger partial charge in [0.2, 0.25) is 0 Å². The molecule has 0 saturated carbocycles. The monoisotopic (exact) mass is 443 g/mol. The van der Waals surface area contributed by atoms with Gasteiger partial charge in [0, 0.05) is 32.3 Å². The maximum Gasteiger partial charge on any atom is 0.191 e. The molecule has 0 fully saturated rings. The maximum absolute atomic E-state index is 12.9. The van der Waals surface area contributed by atoms with Crippen molar-refractivity contribution in [2.45, 2.75) is 13.3 Å². The van der Waals surface area contributed by atoms with Gasteiger partial charge in [0.1, 0.15) is 5.82 Å². The van der Waals surface area contributed by atoms with Crippen LogP contribution in [0.1, 0.15) is 12.6 Å². The molecule has 0 bridgehead atoms. The second-order valence-corrected chi connectivity index (χ2v) is 4.91. The summed E-state index contributed by atoms with van der Waals surface area (Å²) in [5.74, 6) is 0.517. The van der Waals surface area contributed by atoms with Gasteiger partial charge in [0.25, 0.3) is 0 Å². The molecule has 24 heavy (non-hydrogen) atoms. The van der Waals surface area contributed by atoms with Crippen LogP contribution in [0.5, 0.6) is 0 Å². The lowest BCUT2D eigenvalue weighted by molar-refractivity contribution is 0.627. The van der Waals surface area contributed by atoms with E-state index in [4.69, 9.17) is 0 Å². The molecular weight excluding hydrogens is 420 g/mol. The summed E-state index contributed by atoms with van der Waals surface area (Å²) in [6, 6.07) is 8.20. The third kappa shape index (κ3) is 6.31. The molecular formula is C17H23FIN5. The number of aliphatic imine (C=N–C) groups is 1. The maximum atomic E-state index is 12.9. The molecule has 0 saturated heterocycles. The average molecular weight is 443 g/mol. The van der Waals surface area contributed by atoms with E-state index < -0.39 is 0 Å². The lowest BCUT2D eigenvalue weighted by Crippen LogP contribution is -2.37. The molecule has 0 unspecified atom stereocenters. The van der Waals surface area contributed by atoms with E-state index in [0.29, 0.717) is 13.1 Å². The van der Waals surface area contributed by atoms with E-state index in [0.717, 1.165) is 30.3 Å². The summed E-state index contributed by atoms with van der Waals surface area (Å²) >= 11 is 0.